The van der Waals surface area contributed by atoms with Crippen LogP contribution in [0.1, 0.15) is 17.4 Å². The molecule has 0 radical (unpaired) electrons. The lowest BCUT2D eigenvalue weighted by molar-refractivity contribution is -0.131. The van der Waals surface area contributed by atoms with Crippen molar-refractivity contribution in [3.05, 3.63) is 21.9 Å². The van der Waals surface area contributed by atoms with E-state index in [-0.39, 0.29) is 11.8 Å². The summed E-state index contributed by atoms with van der Waals surface area (Å²) in [7, 11) is 0. The third kappa shape index (κ3) is 4.04. The molecule has 2 N–H and O–H groups in total. The van der Waals surface area contributed by atoms with Crippen LogP contribution in [0, 0.1) is 0 Å². The van der Waals surface area contributed by atoms with Crippen molar-refractivity contribution in [2.24, 2.45) is 0 Å². The predicted molar refractivity (Wildman–Crippen MR) is 75.0 cm³/mol. The van der Waals surface area contributed by atoms with Crippen LogP contribution in [0.4, 0.5) is 0 Å². The van der Waals surface area contributed by atoms with Crippen LogP contribution in [-0.4, -0.2) is 42.9 Å². The van der Waals surface area contributed by atoms with Gasteiger partial charge in [0.15, 0.2) is 0 Å². The van der Waals surface area contributed by atoms with Crippen LogP contribution in [0.25, 0.3) is 0 Å². The second kappa shape index (κ2) is 6.68. The van der Waals surface area contributed by atoms with Crippen molar-refractivity contribution >= 4 is 23.2 Å². The zero-order valence-electron chi connectivity index (χ0n) is 11.1. The Morgan fingerprint density at radius 1 is 1.42 bits per heavy atom. The van der Waals surface area contributed by atoms with Gasteiger partial charge in [-0.05, 0) is 23.4 Å². The first-order valence-corrected chi connectivity index (χ1v) is 7.33. The van der Waals surface area contributed by atoms with E-state index in [1.165, 1.54) is 17.4 Å². The zero-order valence-corrected chi connectivity index (χ0v) is 11.9. The molecule has 1 aromatic rings. The monoisotopic (exact) mass is 281 g/mol. The largest absolute Gasteiger partial charge is 0.355 e. The zero-order chi connectivity index (χ0) is 13.7. The Labute approximate surface area is 117 Å². The molecule has 0 saturated carbocycles. The Kier molecular flexibility index (Phi) is 4.93. The normalized spacial score (nSPS) is 14.1. The van der Waals surface area contributed by atoms with E-state index in [9.17, 15) is 9.59 Å². The number of carbonyl (C=O) groups excluding carboxylic acids is 2. The van der Waals surface area contributed by atoms with Crippen molar-refractivity contribution in [2.45, 2.75) is 19.9 Å². The van der Waals surface area contributed by atoms with E-state index in [0.29, 0.717) is 19.6 Å². The van der Waals surface area contributed by atoms with Gasteiger partial charge in [-0.25, -0.2) is 0 Å². The van der Waals surface area contributed by atoms with Crippen LogP contribution < -0.4 is 10.6 Å². The summed E-state index contributed by atoms with van der Waals surface area (Å²) < 4.78 is 0. The molecular weight excluding hydrogens is 262 g/mol. The number of carbonyl (C=O) groups is 2. The quantitative estimate of drug-likeness (QED) is 0.766. The first kappa shape index (κ1) is 14.0. The molecule has 0 saturated heterocycles. The van der Waals surface area contributed by atoms with Crippen LogP contribution in [0.5, 0.6) is 0 Å². The molecular formula is C13H19N3O2S. The van der Waals surface area contributed by atoms with Crippen molar-refractivity contribution in [3.63, 3.8) is 0 Å². The average Bonchev–Trinajstić information content (AvgIpc) is 2.84. The summed E-state index contributed by atoms with van der Waals surface area (Å²) in [5, 5.41) is 7.82. The van der Waals surface area contributed by atoms with Crippen molar-refractivity contribution in [2.75, 3.05) is 26.2 Å². The molecule has 0 bridgehead atoms. The van der Waals surface area contributed by atoms with Crippen LogP contribution >= 0.6 is 11.3 Å². The maximum atomic E-state index is 12.0. The number of nitrogens with one attached hydrogen (secondary N) is 2. The fraction of sp³-hybridized carbons (Fsp3) is 0.538. The summed E-state index contributed by atoms with van der Waals surface area (Å²) in [5.41, 5.74) is 1.28. The number of thiophene rings is 1. The molecule has 0 unspecified atom stereocenters. The second-order valence-electron chi connectivity index (χ2n) is 4.59. The maximum absolute atomic E-state index is 12.0. The Morgan fingerprint density at radius 2 is 2.26 bits per heavy atom. The van der Waals surface area contributed by atoms with E-state index in [0.717, 1.165) is 19.5 Å². The van der Waals surface area contributed by atoms with Crippen LogP contribution in [-0.2, 0) is 22.6 Å². The van der Waals surface area contributed by atoms with E-state index in [1.807, 2.05) is 4.90 Å². The molecule has 1 aliphatic heterocycles. The van der Waals surface area contributed by atoms with Crippen molar-refractivity contribution in [1.82, 2.24) is 15.5 Å². The molecule has 104 valence electrons. The van der Waals surface area contributed by atoms with Gasteiger partial charge in [0.05, 0.1) is 6.54 Å². The molecule has 2 rings (SSSR count). The van der Waals surface area contributed by atoms with Crippen LogP contribution in [0.2, 0.25) is 0 Å². The lowest BCUT2D eigenvalue weighted by atomic mass is 10.1. The molecule has 0 aliphatic carbocycles. The van der Waals surface area contributed by atoms with Crippen molar-refractivity contribution in [3.8, 4) is 0 Å². The third-order valence-electron chi connectivity index (χ3n) is 3.11. The molecule has 0 aromatic carbocycles. The van der Waals surface area contributed by atoms with Crippen molar-refractivity contribution < 1.29 is 9.59 Å². The lowest BCUT2D eigenvalue weighted by Gasteiger charge is -2.27. The highest BCUT2D eigenvalue weighted by molar-refractivity contribution is 7.10. The number of nitrogens with zero attached hydrogens (tertiary/aromatic N) is 1. The minimum Gasteiger partial charge on any atom is -0.355 e. The Morgan fingerprint density at radius 3 is 3.05 bits per heavy atom. The molecule has 19 heavy (non-hydrogen) atoms. The van der Waals surface area contributed by atoms with Gasteiger partial charge in [0, 0.05) is 38.0 Å². The van der Waals surface area contributed by atoms with Gasteiger partial charge in [0.2, 0.25) is 11.8 Å². The average molecular weight is 281 g/mol. The molecule has 0 spiro atoms. The van der Waals surface area contributed by atoms with Crippen molar-refractivity contribution in [1.29, 1.82) is 0 Å². The fourth-order valence-corrected chi connectivity index (χ4v) is 2.99. The van der Waals surface area contributed by atoms with Gasteiger partial charge in [-0.1, -0.05) is 0 Å². The smallest absolute Gasteiger partial charge is 0.236 e. The van der Waals surface area contributed by atoms with Gasteiger partial charge in [-0.15, -0.1) is 11.3 Å². The highest BCUT2D eigenvalue weighted by Crippen LogP contribution is 2.23. The molecule has 1 aromatic heterocycles. The minimum absolute atomic E-state index is 0.0471. The number of rotatable bonds is 5. The Hall–Kier alpha value is -1.40. The number of hydrogen-bond donors (Lipinski definition) is 2. The van der Waals surface area contributed by atoms with Crippen LogP contribution in [0.15, 0.2) is 11.4 Å². The van der Waals surface area contributed by atoms with E-state index in [2.05, 4.69) is 22.1 Å². The molecule has 2 heterocycles. The topological polar surface area (TPSA) is 61.4 Å². The molecule has 0 atom stereocenters. The summed E-state index contributed by atoms with van der Waals surface area (Å²) in [6.07, 6.45) is 0.963. The molecule has 2 amide bonds. The van der Waals surface area contributed by atoms with Gasteiger partial charge in [0.1, 0.15) is 0 Å². The highest BCUT2D eigenvalue weighted by atomic mass is 32.1. The van der Waals surface area contributed by atoms with Gasteiger partial charge in [0.25, 0.3) is 0 Å². The number of fused-ring (bicyclic) bond motifs is 1. The summed E-state index contributed by atoms with van der Waals surface area (Å²) >= 11 is 1.77. The summed E-state index contributed by atoms with van der Waals surface area (Å²) in [6, 6.07) is 2.10. The molecule has 0 fully saturated rings. The van der Waals surface area contributed by atoms with Gasteiger partial charge < -0.3 is 15.5 Å². The summed E-state index contributed by atoms with van der Waals surface area (Å²) in [6.45, 7) is 4.52. The first-order valence-electron chi connectivity index (χ1n) is 6.45. The SMILES string of the molecule is CC(=O)NCCNCC(=O)N1CCc2sccc2C1. The highest BCUT2D eigenvalue weighted by Gasteiger charge is 2.20. The maximum Gasteiger partial charge on any atom is 0.236 e. The Bertz CT molecular complexity index is 458. The summed E-state index contributed by atoms with van der Waals surface area (Å²) in [4.78, 5) is 26.0. The van der Waals surface area contributed by atoms with E-state index in [4.69, 9.17) is 0 Å². The Balaban J connectivity index is 1.68. The second-order valence-corrected chi connectivity index (χ2v) is 5.59. The summed E-state index contributed by atoms with van der Waals surface area (Å²) in [5.74, 6) is 0.0776. The van der Waals surface area contributed by atoms with Crippen LogP contribution in [0.3, 0.4) is 0 Å². The van der Waals surface area contributed by atoms with Gasteiger partial charge in [-0.3, -0.25) is 9.59 Å². The molecule has 1 aliphatic rings. The van der Waals surface area contributed by atoms with Gasteiger partial charge >= 0.3 is 0 Å². The number of amides is 2. The first-order chi connectivity index (χ1) is 9.16. The lowest BCUT2D eigenvalue weighted by Crippen LogP contribution is -2.42. The van der Waals surface area contributed by atoms with E-state index >= 15 is 0 Å². The van der Waals surface area contributed by atoms with E-state index in [1.54, 1.807) is 11.3 Å². The van der Waals surface area contributed by atoms with Gasteiger partial charge in [-0.2, -0.15) is 0 Å². The third-order valence-corrected chi connectivity index (χ3v) is 4.14. The minimum atomic E-state index is -0.0471. The fourth-order valence-electron chi connectivity index (χ4n) is 2.10. The standard InChI is InChI=1S/C13H19N3O2S/c1-10(17)15-5-4-14-8-13(18)16-6-2-12-11(9-16)3-7-19-12/h3,7,14H,2,4-6,8-9H2,1H3,(H,15,17). The number of hydrogen-bond acceptors (Lipinski definition) is 4. The predicted octanol–water partition coefficient (Wildman–Crippen LogP) is 0.358. The molecule has 5 nitrogen and oxygen atoms in total. The molecule has 6 heteroatoms. The van der Waals surface area contributed by atoms with E-state index < -0.39 is 0 Å².